The number of fused-ring (bicyclic) bond motifs is 8. The van der Waals surface area contributed by atoms with Crippen molar-refractivity contribution in [2.45, 2.75) is 82.1 Å². The number of carbonyl (C=O) groups excluding carboxylic acids is 2. The van der Waals surface area contributed by atoms with Crippen LogP contribution in [0, 0.1) is 5.92 Å². The van der Waals surface area contributed by atoms with Gasteiger partial charge in [0.05, 0.1) is 22.8 Å². The van der Waals surface area contributed by atoms with Gasteiger partial charge in [-0.25, -0.2) is 4.98 Å². The van der Waals surface area contributed by atoms with Gasteiger partial charge in [0.2, 0.25) is 0 Å². The summed E-state index contributed by atoms with van der Waals surface area (Å²) in [5, 5.41) is 0. The lowest BCUT2D eigenvalue weighted by molar-refractivity contribution is -0.172. The summed E-state index contributed by atoms with van der Waals surface area (Å²) in [5.74, 6) is 0.0488. The molecule has 4 aliphatic rings. The van der Waals surface area contributed by atoms with Crippen molar-refractivity contribution in [3.8, 4) is 44.5 Å². The number of hydrogen-bond donors (Lipinski definition) is 2. The lowest BCUT2D eigenvalue weighted by atomic mass is 9.73. The highest BCUT2D eigenvalue weighted by Gasteiger charge is 2.45. The van der Waals surface area contributed by atoms with Gasteiger partial charge in [-0.05, 0) is 116 Å². The fourth-order valence-corrected chi connectivity index (χ4v) is 11.0. The molecule has 3 aliphatic heterocycles. The maximum absolute atomic E-state index is 13.8. The van der Waals surface area contributed by atoms with Gasteiger partial charge in [-0.1, -0.05) is 128 Å². The molecule has 6 heterocycles. The van der Waals surface area contributed by atoms with E-state index in [1.165, 1.54) is 0 Å². The van der Waals surface area contributed by atoms with Crippen LogP contribution in [0.25, 0.3) is 78.7 Å². The lowest BCUT2D eigenvalue weighted by Gasteiger charge is -2.37. The lowest BCUT2D eigenvalue weighted by Crippen LogP contribution is -2.46. The summed E-state index contributed by atoms with van der Waals surface area (Å²) >= 11 is 0. The molecule has 4 aromatic carbocycles. The van der Waals surface area contributed by atoms with Gasteiger partial charge in [-0.2, -0.15) is 0 Å². The van der Waals surface area contributed by atoms with Gasteiger partial charge in [-0.15, -0.1) is 0 Å². The summed E-state index contributed by atoms with van der Waals surface area (Å²) in [4.78, 5) is 46.3. The molecule has 65 heavy (non-hydrogen) atoms. The first-order chi connectivity index (χ1) is 32.0. The topological polar surface area (TPSA) is 101 Å². The van der Waals surface area contributed by atoms with Gasteiger partial charge in [0.25, 0.3) is 0 Å². The molecule has 7 heteroatoms. The van der Waals surface area contributed by atoms with E-state index in [0.29, 0.717) is 32.1 Å². The van der Waals surface area contributed by atoms with Crippen molar-refractivity contribution in [2.75, 3.05) is 0 Å². The van der Waals surface area contributed by atoms with Crippen molar-refractivity contribution in [3.63, 3.8) is 0 Å². The third-order valence-electron chi connectivity index (χ3n) is 14.2. The number of nitrogens with zero attached hydrogens (tertiary/aromatic N) is 2. The number of carbonyl (C=O) groups is 2. The van der Waals surface area contributed by atoms with E-state index in [1.807, 2.05) is 0 Å². The Balaban J connectivity index is 1.23. The third-order valence-corrected chi connectivity index (χ3v) is 14.2. The number of ether oxygens (including phenoxy) is 1. The molecule has 1 saturated carbocycles. The maximum atomic E-state index is 13.8. The zero-order chi connectivity index (χ0) is 43.7. The largest absolute Gasteiger partial charge is 0.451 e. The molecule has 0 radical (unpaired) electrons. The first-order valence-electron chi connectivity index (χ1n) is 23.5. The van der Waals surface area contributed by atoms with E-state index in [1.54, 1.807) is 0 Å². The third kappa shape index (κ3) is 7.83. The Morgan fingerprint density at radius 1 is 0.492 bits per heavy atom. The first-order valence-corrected chi connectivity index (χ1v) is 23.5. The van der Waals surface area contributed by atoms with E-state index in [9.17, 15) is 9.59 Å². The molecule has 3 aromatic heterocycles. The van der Waals surface area contributed by atoms with E-state index >= 15 is 0 Å². The summed E-state index contributed by atoms with van der Waals surface area (Å²) in [6.07, 6.45) is 12.0. The number of benzene rings is 4. The highest BCUT2D eigenvalue weighted by Crippen LogP contribution is 2.47. The van der Waals surface area contributed by atoms with Crippen molar-refractivity contribution in [1.82, 2.24) is 19.9 Å². The Hall–Kier alpha value is -7.12. The van der Waals surface area contributed by atoms with Crippen LogP contribution in [-0.2, 0) is 20.7 Å². The van der Waals surface area contributed by atoms with Crippen LogP contribution in [-0.4, -0.2) is 37.3 Å². The number of esters is 1. The second kappa shape index (κ2) is 17.5. The van der Waals surface area contributed by atoms with Crippen LogP contribution in [0.4, 0.5) is 0 Å². The van der Waals surface area contributed by atoms with E-state index in [0.717, 1.165) is 128 Å². The number of Topliss-reactive ketones (excluding diaryl/α,β-unsaturated/α-hetero) is 1. The Morgan fingerprint density at radius 3 is 1.54 bits per heavy atom. The number of hydrogen-bond acceptors (Lipinski definition) is 5. The zero-order valence-electron chi connectivity index (χ0n) is 36.6. The first kappa shape index (κ1) is 40.6. The summed E-state index contributed by atoms with van der Waals surface area (Å²) in [7, 11) is 0. The molecule has 0 amide bonds. The summed E-state index contributed by atoms with van der Waals surface area (Å²) in [5.41, 5.74) is 15.2. The van der Waals surface area contributed by atoms with Crippen molar-refractivity contribution in [1.29, 1.82) is 0 Å². The molecular weight excluding hydrogens is 801 g/mol. The molecule has 1 aliphatic carbocycles. The fraction of sp³-hybridized carbons (Fsp3) is 0.241. The molecule has 7 nitrogen and oxygen atoms in total. The number of rotatable bonds is 5. The van der Waals surface area contributed by atoms with E-state index < -0.39 is 5.60 Å². The van der Waals surface area contributed by atoms with Crippen LogP contribution >= 0.6 is 0 Å². The van der Waals surface area contributed by atoms with Crippen LogP contribution in [0.1, 0.15) is 92.9 Å². The maximum Gasteiger partial charge on any atom is 0.306 e. The van der Waals surface area contributed by atoms with Crippen LogP contribution in [0.2, 0.25) is 0 Å². The number of ketones is 1. The zero-order valence-corrected chi connectivity index (χ0v) is 36.6. The quantitative estimate of drug-likeness (QED) is 0.168. The summed E-state index contributed by atoms with van der Waals surface area (Å²) in [6, 6.07) is 51.2. The van der Waals surface area contributed by atoms with Gasteiger partial charge in [0.1, 0.15) is 0 Å². The highest BCUT2D eigenvalue weighted by atomic mass is 16.6. The number of nitrogens with one attached hydrogen (secondary N) is 2. The summed E-state index contributed by atoms with van der Waals surface area (Å²) < 4.78 is 6.26. The van der Waals surface area contributed by atoms with Crippen LogP contribution in [0.3, 0.4) is 0 Å². The van der Waals surface area contributed by atoms with Crippen LogP contribution < -0.4 is 0 Å². The van der Waals surface area contributed by atoms with Crippen molar-refractivity contribution in [2.24, 2.45) is 5.92 Å². The SMILES string of the molecule is O=C1CCCC[C@H]([C@H]2Cc3nc2c(-c2ccccc2)c2ccc([nH]2)c(-c2ccccc2)c2nc(c(-c4ccccc4)c4ccc([nH]4)c3-c3ccccc3)C=C2)CC[C@]2(CCCCC2=O)O1. The molecule has 11 rings (SSSR count). The monoisotopic (exact) mass is 852 g/mol. The predicted molar refractivity (Wildman–Crippen MR) is 262 cm³/mol. The molecule has 1 saturated heterocycles. The molecule has 1 spiro atoms. The molecule has 0 unspecified atom stereocenters. The molecular formula is C58H52N4O3. The Labute approximate surface area is 379 Å². The molecule has 2 fully saturated rings. The van der Waals surface area contributed by atoms with Gasteiger partial charge in [-0.3, -0.25) is 14.6 Å². The minimum atomic E-state index is -1.05. The Kier molecular flexibility index (Phi) is 10.9. The van der Waals surface area contributed by atoms with Gasteiger partial charge in [0, 0.05) is 63.1 Å². The number of aromatic nitrogens is 4. The van der Waals surface area contributed by atoms with E-state index in [2.05, 4.69) is 168 Å². The minimum absolute atomic E-state index is 0.0181. The second-order valence-electron chi connectivity index (χ2n) is 18.1. The number of aromatic amines is 2. The van der Waals surface area contributed by atoms with Crippen molar-refractivity contribution >= 4 is 46.0 Å². The van der Waals surface area contributed by atoms with E-state index in [-0.39, 0.29) is 23.6 Å². The van der Waals surface area contributed by atoms with Crippen molar-refractivity contribution < 1.29 is 14.3 Å². The summed E-state index contributed by atoms with van der Waals surface area (Å²) in [6.45, 7) is 0. The van der Waals surface area contributed by atoms with Gasteiger partial charge < -0.3 is 14.7 Å². The molecule has 3 atom stereocenters. The molecule has 2 N–H and O–H groups in total. The smallest absolute Gasteiger partial charge is 0.306 e. The number of H-pyrrole nitrogens is 2. The van der Waals surface area contributed by atoms with Crippen LogP contribution in [0.5, 0.6) is 0 Å². The van der Waals surface area contributed by atoms with E-state index in [4.69, 9.17) is 14.7 Å². The highest BCUT2D eigenvalue weighted by molar-refractivity contribution is 5.97. The predicted octanol–water partition coefficient (Wildman–Crippen LogP) is 13.9. The standard InChI is InChI=1S/C58H52N4O3/c63-51-26-15-16-35-58(51)36-34-38(17-13-14-27-52(64)65-58)43-37-50-55(41-22-9-3-10-23-41)48-31-30-46(60-48)53(39-18-5-1-6-19-39)44-28-29-45(59-44)54(40-20-7-2-8-21-40)47-32-33-49(61-47)56(57(43)62-50)42-24-11-4-12-25-42/h1-12,18-25,28-33,38,43,60-61H,13-17,26-27,34-37H2/t38-,43+,58-/m0/s1. The van der Waals surface area contributed by atoms with Gasteiger partial charge >= 0.3 is 5.97 Å². The van der Waals surface area contributed by atoms with Gasteiger partial charge in [0.15, 0.2) is 11.4 Å². The normalized spacial score (nSPS) is 20.1. The molecule has 8 bridgehead atoms. The molecule has 7 aromatic rings. The van der Waals surface area contributed by atoms with Crippen molar-refractivity contribution in [3.05, 3.63) is 168 Å². The minimum Gasteiger partial charge on any atom is -0.451 e. The van der Waals surface area contributed by atoms with Crippen LogP contribution in [0.15, 0.2) is 146 Å². The fourth-order valence-electron chi connectivity index (χ4n) is 11.0. The molecule has 322 valence electrons. The Morgan fingerprint density at radius 2 is 0.985 bits per heavy atom. The Bertz CT molecular complexity index is 3100. The average Bonchev–Trinajstić information content (AvgIpc) is 4.19. The average molecular weight is 853 g/mol. The second-order valence-corrected chi connectivity index (χ2v) is 18.1.